The van der Waals surface area contributed by atoms with E-state index >= 15 is 0 Å². The van der Waals surface area contributed by atoms with Crippen LogP contribution in [0.3, 0.4) is 0 Å². The number of piperidine rings is 1. The van der Waals surface area contributed by atoms with E-state index in [-0.39, 0.29) is 0 Å². The summed E-state index contributed by atoms with van der Waals surface area (Å²) in [6.45, 7) is 3.70. The first-order valence-corrected chi connectivity index (χ1v) is 8.01. The lowest BCUT2D eigenvalue weighted by Crippen LogP contribution is -2.33. The van der Waals surface area contributed by atoms with E-state index in [1.54, 1.807) is 0 Å². The Labute approximate surface area is 118 Å². The highest BCUT2D eigenvalue weighted by Gasteiger charge is 2.24. The van der Waals surface area contributed by atoms with Gasteiger partial charge in [-0.25, -0.2) is 0 Å². The number of hydrogen-bond donors (Lipinski definition) is 0. The second-order valence-electron chi connectivity index (χ2n) is 6.34. The average Bonchev–Trinajstić information content (AvgIpc) is 2.95. The molecule has 1 nitrogen and oxygen atoms in total. The molecule has 1 heterocycles. The molecule has 0 atom stereocenters. The third-order valence-electron chi connectivity index (χ3n) is 4.83. The Morgan fingerprint density at radius 1 is 0.895 bits per heavy atom. The third kappa shape index (κ3) is 3.82. The van der Waals surface area contributed by atoms with E-state index < -0.39 is 0 Å². The molecule has 1 saturated carbocycles. The van der Waals surface area contributed by atoms with Crippen LogP contribution in [0.25, 0.3) is 0 Å². The number of likely N-dealkylation sites (tertiary alicyclic amines) is 1. The van der Waals surface area contributed by atoms with Crippen molar-refractivity contribution in [2.75, 3.05) is 13.1 Å². The standard InChI is InChI=1S/C18H26N/c1-2-8-18(9-3-1)15-19-12-10-17(11-13-19)14-16-6-4-5-7-16/h1-3,8-9,14,16-17H,4-7,10-13,15H2. The molecule has 2 fully saturated rings. The van der Waals surface area contributed by atoms with Gasteiger partial charge in [0.1, 0.15) is 0 Å². The fourth-order valence-corrected chi connectivity index (χ4v) is 3.68. The predicted octanol–water partition coefficient (Wildman–Crippen LogP) is 4.29. The molecule has 0 N–H and O–H groups in total. The van der Waals surface area contributed by atoms with Gasteiger partial charge in [-0.2, -0.15) is 0 Å². The van der Waals surface area contributed by atoms with Crippen LogP contribution in [-0.2, 0) is 6.54 Å². The highest BCUT2D eigenvalue weighted by Crippen LogP contribution is 2.33. The van der Waals surface area contributed by atoms with Crippen molar-refractivity contribution in [3.8, 4) is 0 Å². The maximum atomic E-state index is 2.70. The molecule has 2 aliphatic rings. The summed E-state index contributed by atoms with van der Waals surface area (Å²) in [5.74, 6) is 1.85. The molecule has 0 aromatic heterocycles. The van der Waals surface area contributed by atoms with Crippen molar-refractivity contribution in [3.63, 3.8) is 0 Å². The van der Waals surface area contributed by atoms with Crippen molar-refractivity contribution in [2.24, 2.45) is 11.8 Å². The van der Waals surface area contributed by atoms with Crippen LogP contribution in [0.1, 0.15) is 44.1 Å². The van der Waals surface area contributed by atoms with E-state index in [4.69, 9.17) is 0 Å². The first-order chi connectivity index (χ1) is 9.40. The van der Waals surface area contributed by atoms with Gasteiger partial charge in [-0.3, -0.25) is 4.90 Å². The molecule has 1 aromatic carbocycles. The quantitative estimate of drug-likeness (QED) is 0.776. The van der Waals surface area contributed by atoms with Crippen molar-refractivity contribution >= 4 is 0 Å². The van der Waals surface area contributed by atoms with Gasteiger partial charge in [0.2, 0.25) is 0 Å². The van der Waals surface area contributed by atoms with Gasteiger partial charge in [-0.1, -0.05) is 56.0 Å². The van der Waals surface area contributed by atoms with Crippen LogP contribution in [0.4, 0.5) is 0 Å². The number of hydrogen-bond acceptors (Lipinski definition) is 1. The molecular formula is C18H26N. The fourth-order valence-electron chi connectivity index (χ4n) is 3.68. The van der Waals surface area contributed by atoms with E-state index in [0.717, 1.165) is 18.4 Å². The van der Waals surface area contributed by atoms with Gasteiger partial charge < -0.3 is 0 Å². The monoisotopic (exact) mass is 256 g/mol. The Morgan fingerprint density at radius 2 is 1.53 bits per heavy atom. The van der Waals surface area contributed by atoms with Gasteiger partial charge in [0.25, 0.3) is 0 Å². The smallest absolute Gasteiger partial charge is 0.0233 e. The fraction of sp³-hybridized carbons (Fsp3) is 0.611. The first kappa shape index (κ1) is 13.2. The normalized spacial score (nSPS) is 22.9. The molecule has 0 amide bonds. The molecule has 0 spiro atoms. The van der Waals surface area contributed by atoms with E-state index in [9.17, 15) is 0 Å². The Bertz CT molecular complexity index is 359. The molecule has 0 unspecified atom stereocenters. The lowest BCUT2D eigenvalue weighted by atomic mass is 9.86. The van der Waals surface area contributed by atoms with Gasteiger partial charge in [0.15, 0.2) is 0 Å². The van der Waals surface area contributed by atoms with Gasteiger partial charge in [0, 0.05) is 6.54 Å². The van der Waals surface area contributed by atoms with Crippen LogP contribution >= 0.6 is 0 Å². The molecule has 0 bridgehead atoms. The number of nitrogens with zero attached hydrogens (tertiary/aromatic N) is 1. The van der Waals surface area contributed by atoms with Crippen molar-refractivity contribution in [2.45, 2.75) is 45.1 Å². The topological polar surface area (TPSA) is 3.24 Å². The van der Waals surface area contributed by atoms with Crippen molar-refractivity contribution in [1.29, 1.82) is 0 Å². The van der Waals surface area contributed by atoms with Crippen molar-refractivity contribution in [3.05, 3.63) is 42.3 Å². The Kier molecular flexibility index (Phi) is 4.55. The third-order valence-corrected chi connectivity index (χ3v) is 4.83. The highest BCUT2D eigenvalue weighted by molar-refractivity contribution is 5.14. The highest BCUT2D eigenvalue weighted by atomic mass is 15.1. The molecule has 3 rings (SSSR count). The van der Waals surface area contributed by atoms with Crippen LogP contribution in [0.5, 0.6) is 0 Å². The van der Waals surface area contributed by atoms with E-state index in [1.165, 1.54) is 57.2 Å². The summed E-state index contributed by atoms with van der Waals surface area (Å²) in [6, 6.07) is 10.9. The second kappa shape index (κ2) is 6.56. The maximum absolute atomic E-state index is 2.70. The SMILES string of the molecule is [CH](C1CCCC1)C1CCN(Cc2ccccc2)CC1. The number of rotatable bonds is 4. The minimum atomic E-state index is 0.898. The molecule has 1 aliphatic carbocycles. The maximum Gasteiger partial charge on any atom is 0.0233 e. The lowest BCUT2D eigenvalue weighted by Gasteiger charge is -2.33. The Hall–Kier alpha value is -0.820. The second-order valence-corrected chi connectivity index (χ2v) is 6.34. The molecular weight excluding hydrogens is 230 g/mol. The molecule has 1 radical (unpaired) electrons. The summed E-state index contributed by atoms with van der Waals surface area (Å²) in [5.41, 5.74) is 1.46. The molecule has 1 aliphatic heterocycles. The minimum absolute atomic E-state index is 0.898. The molecule has 1 aromatic rings. The van der Waals surface area contributed by atoms with Crippen LogP contribution in [0, 0.1) is 18.3 Å². The van der Waals surface area contributed by atoms with Crippen molar-refractivity contribution in [1.82, 2.24) is 4.90 Å². The molecule has 1 saturated heterocycles. The zero-order valence-corrected chi connectivity index (χ0v) is 11.9. The summed E-state index contributed by atoms with van der Waals surface area (Å²) in [6.07, 6.45) is 11.3. The number of benzene rings is 1. The van der Waals surface area contributed by atoms with Gasteiger partial charge in [0.05, 0.1) is 0 Å². The van der Waals surface area contributed by atoms with Crippen LogP contribution in [0.2, 0.25) is 0 Å². The van der Waals surface area contributed by atoms with Crippen molar-refractivity contribution < 1.29 is 0 Å². The summed E-state index contributed by atoms with van der Waals surface area (Å²) < 4.78 is 0. The van der Waals surface area contributed by atoms with Crippen LogP contribution < -0.4 is 0 Å². The predicted molar refractivity (Wildman–Crippen MR) is 80.7 cm³/mol. The first-order valence-electron chi connectivity index (χ1n) is 8.01. The zero-order chi connectivity index (χ0) is 12.9. The Morgan fingerprint density at radius 3 is 2.21 bits per heavy atom. The molecule has 19 heavy (non-hydrogen) atoms. The Balaban J connectivity index is 1.41. The van der Waals surface area contributed by atoms with E-state index in [0.29, 0.717) is 0 Å². The summed E-state index contributed by atoms with van der Waals surface area (Å²) in [5, 5.41) is 0. The summed E-state index contributed by atoms with van der Waals surface area (Å²) in [4.78, 5) is 2.62. The van der Waals surface area contributed by atoms with E-state index in [1.807, 2.05) is 0 Å². The molecule has 103 valence electrons. The lowest BCUT2D eigenvalue weighted by molar-refractivity contribution is 0.184. The largest absolute Gasteiger partial charge is 0.299 e. The van der Waals surface area contributed by atoms with Gasteiger partial charge >= 0.3 is 0 Å². The van der Waals surface area contributed by atoms with Crippen LogP contribution in [-0.4, -0.2) is 18.0 Å². The minimum Gasteiger partial charge on any atom is -0.299 e. The van der Waals surface area contributed by atoms with Crippen LogP contribution in [0.15, 0.2) is 30.3 Å². The van der Waals surface area contributed by atoms with E-state index in [2.05, 4.69) is 41.7 Å². The average molecular weight is 256 g/mol. The van der Waals surface area contributed by atoms with Gasteiger partial charge in [-0.05, 0) is 49.8 Å². The zero-order valence-electron chi connectivity index (χ0n) is 11.9. The summed E-state index contributed by atoms with van der Waals surface area (Å²) in [7, 11) is 0. The molecule has 1 heteroatoms. The van der Waals surface area contributed by atoms with Gasteiger partial charge in [-0.15, -0.1) is 0 Å². The summed E-state index contributed by atoms with van der Waals surface area (Å²) >= 11 is 0.